The number of alkyl carbamates (subject to hydrolysis) is 1. The molecule has 0 aliphatic carbocycles. The minimum atomic E-state index is -0.671. The molecule has 1 saturated heterocycles. The number of hydrogen-bond acceptors (Lipinski definition) is 6. The van der Waals surface area contributed by atoms with Crippen molar-refractivity contribution in [2.24, 2.45) is 5.92 Å². The van der Waals surface area contributed by atoms with Gasteiger partial charge in [0.1, 0.15) is 6.04 Å². The summed E-state index contributed by atoms with van der Waals surface area (Å²) in [5, 5.41) is 8.32. The molecule has 1 aromatic carbocycles. The molecule has 31 heavy (non-hydrogen) atoms. The average molecular weight is 435 g/mol. The van der Waals surface area contributed by atoms with Crippen molar-refractivity contribution in [3.8, 4) is 0 Å². The summed E-state index contributed by atoms with van der Waals surface area (Å²) in [6.07, 6.45) is 0.277. The third-order valence-electron chi connectivity index (χ3n) is 4.94. The number of ether oxygens (including phenoxy) is 2. The Morgan fingerprint density at radius 2 is 1.94 bits per heavy atom. The molecule has 1 unspecified atom stereocenters. The molecule has 1 heterocycles. The molecular formula is C22H34N4O5. The first kappa shape index (κ1) is 24.6. The molecule has 3 N–H and O–H groups in total. The Hall–Kier alpha value is -2.65. The van der Waals surface area contributed by atoms with Gasteiger partial charge < -0.3 is 25.4 Å². The van der Waals surface area contributed by atoms with E-state index in [2.05, 4.69) is 25.6 Å². The van der Waals surface area contributed by atoms with Gasteiger partial charge in [0.15, 0.2) is 0 Å². The van der Waals surface area contributed by atoms with Gasteiger partial charge in [0, 0.05) is 38.3 Å². The van der Waals surface area contributed by atoms with Crippen LogP contribution in [0.25, 0.3) is 0 Å². The maximum atomic E-state index is 12.5. The van der Waals surface area contributed by atoms with Crippen LogP contribution in [0, 0.1) is 5.92 Å². The van der Waals surface area contributed by atoms with Crippen LogP contribution in [0.2, 0.25) is 0 Å². The van der Waals surface area contributed by atoms with Crippen molar-refractivity contribution in [1.29, 1.82) is 0 Å². The van der Waals surface area contributed by atoms with Crippen LogP contribution >= 0.6 is 0 Å². The van der Waals surface area contributed by atoms with Gasteiger partial charge in [-0.2, -0.15) is 0 Å². The largest absolute Gasteiger partial charge is 0.453 e. The third kappa shape index (κ3) is 9.35. The summed E-state index contributed by atoms with van der Waals surface area (Å²) >= 11 is 0. The summed E-state index contributed by atoms with van der Waals surface area (Å²) < 4.78 is 9.92. The number of methoxy groups -OCH3 is 1. The molecule has 0 radical (unpaired) electrons. The monoisotopic (exact) mass is 434 g/mol. The van der Waals surface area contributed by atoms with E-state index in [4.69, 9.17) is 4.74 Å². The first-order valence-corrected chi connectivity index (χ1v) is 10.7. The topological polar surface area (TPSA) is 109 Å². The lowest BCUT2D eigenvalue weighted by molar-refractivity contribution is -0.123. The van der Waals surface area contributed by atoms with Crippen molar-refractivity contribution in [3.63, 3.8) is 0 Å². The number of carbonyl (C=O) groups is 3. The Bertz CT molecular complexity index is 734. The smallest absolute Gasteiger partial charge is 0.407 e. The Kier molecular flexibility index (Phi) is 10.3. The van der Waals surface area contributed by atoms with E-state index in [0.29, 0.717) is 38.3 Å². The first-order chi connectivity index (χ1) is 14.9. The fraction of sp³-hybridized carbons (Fsp3) is 0.591. The molecule has 0 bridgehead atoms. The number of amides is 3. The Morgan fingerprint density at radius 1 is 1.19 bits per heavy atom. The molecule has 1 aromatic rings. The predicted octanol–water partition coefficient (Wildman–Crippen LogP) is 1.73. The summed E-state index contributed by atoms with van der Waals surface area (Å²) in [5.74, 6) is -0.102. The zero-order valence-corrected chi connectivity index (χ0v) is 18.6. The molecule has 1 aliphatic heterocycles. The van der Waals surface area contributed by atoms with Gasteiger partial charge in [0.25, 0.3) is 0 Å². The minimum absolute atomic E-state index is 0.0491. The van der Waals surface area contributed by atoms with Gasteiger partial charge in [-0.1, -0.05) is 26.0 Å². The molecule has 9 heteroatoms. The van der Waals surface area contributed by atoms with Crippen LogP contribution in [0.5, 0.6) is 0 Å². The van der Waals surface area contributed by atoms with E-state index in [9.17, 15) is 14.4 Å². The average Bonchev–Trinajstić information content (AvgIpc) is 2.76. The van der Waals surface area contributed by atoms with Crippen LogP contribution < -0.4 is 16.0 Å². The van der Waals surface area contributed by atoms with E-state index in [1.54, 1.807) is 0 Å². The lowest BCUT2D eigenvalue weighted by atomic mass is 10.0. The number of rotatable bonds is 10. The van der Waals surface area contributed by atoms with Crippen LogP contribution in [-0.4, -0.2) is 68.8 Å². The number of hydrogen-bond donors (Lipinski definition) is 3. The third-order valence-corrected chi connectivity index (χ3v) is 4.94. The van der Waals surface area contributed by atoms with Gasteiger partial charge in [0.05, 0.1) is 20.3 Å². The molecule has 3 amide bonds. The first-order valence-electron chi connectivity index (χ1n) is 10.7. The van der Waals surface area contributed by atoms with E-state index < -0.39 is 12.1 Å². The molecule has 2 rings (SSSR count). The summed E-state index contributed by atoms with van der Waals surface area (Å²) in [5.41, 5.74) is 1.53. The standard InChI is InChI=1S/C22H34N4O5/c1-16(2)13-19(25-22(29)30-3)21(28)23-15-17-5-4-6-18(14-17)24-20(27)7-8-26-9-11-31-12-10-26/h4-6,14,16,19H,7-13,15H2,1-3H3,(H,23,28)(H,24,27)(H,25,29). The maximum Gasteiger partial charge on any atom is 0.407 e. The fourth-order valence-corrected chi connectivity index (χ4v) is 3.28. The number of nitrogens with one attached hydrogen (secondary N) is 3. The summed E-state index contributed by atoms with van der Waals surface area (Å²) in [4.78, 5) is 38.5. The fourth-order valence-electron chi connectivity index (χ4n) is 3.28. The van der Waals surface area contributed by atoms with Gasteiger partial charge in [-0.3, -0.25) is 14.5 Å². The van der Waals surface area contributed by atoms with Crippen molar-refractivity contribution in [2.75, 3.05) is 45.3 Å². The summed E-state index contributed by atoms with van der Waals surface area (Å²) in [7, 11) is 1.26. The molecule has 1 fully saturated rings. The van der Waals surface area contributed by atoms with Crippen molar-refractivity contribution in [3.05, 3.63) is 29.8 Å². The van der Waals surface area contributed by atoms with Gasteiger partial charge in [0.2, 0.25) is 11.8 Å². The van der Waals surface area contributed by atoms with Crippen LogP contribution in [0.1, 0.15) is 32.3 Å². The zero-order chi connectivity index (χ0) is 22.6. The predicted molar refractivity (Wildman–Crippen MR) is 118 cm³/mol. The van der Waals surface area contributed by atoms with Crippen LogP contribution in [0.3, 0.4) is 0 Å². The lowest BCUT2D eigenvalue weighted by Crippen LogP contribution is -2.47. The molecule has 1 aliphatic rings. The van der Waals surface area contributed by atoms with Crippen molar-refractivity contribution < 1.29 is 23.9 Å². The minimum Gasteiger partial charge on any atom is -0.453 e. The number of nitrogens with zero attached hydrogens (tertiary/aromatic N) is 1. The summed E-state index contributed by atoms with van der Waals surface area (Å²) in [6, 6.07) is 6.68. The van der Waals surface area contributed by atoms with Gasteiger partial charge in [-0.15, -0.1) is 0 Å². The Balaban J connectivity index is 1.83. The van der Waals surface area contributed by atoms with Crippen molar-refractivity contribution in [1.82, 2.24) is 15.5 Å². The van der Waals surface area contributed by atoms with E-state index >= 15 is 0 Å². The van der Waals surface area contributed by atoms with E-state index in [-0.39, 0.29) is 24.3 Å². The van der Waals surface area contributed by atoms with Crippen molar-refractivity contribution >= 4 is 23.6 Å². The molecular weight excluding hydrogens is 400 g/mol. The second-order valence-electron chi connectivity index (χ2n) is 7.99. The number of benzene rings is 1. The van der Waals surface area contributed by atoms with Gasteiger partial charge in [-0.05, 0) is 30.0 Å². The zero-order valence-electron chi connectivity index (χ0n) is 18.6. The highest BCUT2D eigenvalue weighted by Crippen LogP contribution is 2.12. The molecule has 0 saturated carbocycles. The van der Waals surface area contributed by atoms with E-state index in [1.165, 1.54) is 7.11 Å². The number of carbonyl (C=O) groups excluding carboxylic acids is 3. The Labute approximate surface area is 183 Å². The number of anilines is 1. The molecule has 0 spiro atoms. The molecule has 0 aromatic heterocycles. The molecule has 9 nitrogen and oxygen atoms in total. The van der Waals surface area contributed by atoms with E-state index in [1.807, 2.05) is 38.1 Å². The van der Waals surface area contributed by atoms with Crippen LogP contribution in [-0.2, 0) is 25.6 Å². The van der Waals surface area contributed by atoms with Crippen LogP contribution in [0.4, 0.5) is 10.5 Å². The second-order valence-corrected chi connectivity index (χ2v) is 7.99. The highest BCUT2D eigenvalue weighted by atomic mass is 16.5. The second kappa shape index (κ2) is 12.9. The maximum absolute atomic E-state index is 12.5. The van der Waals surface area contributed by atoms with Gasteiger partial charge >= 0.3 is 6.09 Å². The van der Waals surface area contributed by atoms with Crippen molar-refractivity contribution in [2.45, 2.75) is 39.3 Å². The highest BCUT2D eigenvalue weighted by Gasteiger charge is 2.22. The highest BCUT2D eigenvalue weighted by molar-refractivity contribution is 5.91. The van der Waals surface area contributed by atoms with Gasteiger partial charge in [-0.25, -0.2) is 4.79 Å². The molecule has 172 valence electrons. The normalized spacial score (nSPS) is 15.2. The Morgan fingerprint density at radius 3 is 2.61 bits per heavy atom. The number of morpholine rings is 1. The van der Waals surface area contributed by atoms with Crippen LogP contribution in [0.15, 0.2) is 24.3 Å². The van der Waals surface area contributed by atoms with E-state index in [0.717, 1.165) is 18.7 Å². The quantitative estimate of drug-likeness (QED) is 0.518. The lowest BCUT2D eigenvalue weighted by Gasteiger charge is -2.26. The SMILES string of the molecule is COC(=O)NC(CC(C)C)C(=O)NCc1cccc(NC(=O)CCN2CCOCC2)c1. The summed E-state index contributed by atoms with van der Waals surface area (Å²) in [6.45, 7) is 8.07. The molecule has 1 atom stereocenters.